The molecular weight excluding hydrogens is 260 g/mol. The van der Waals surface area contributed by atoms with Gasteiger partial charge in [0, 0.05) is 12.8 Å². The molecule has 122 valence electrons. The highest BCUT2D eigenvalue weighted by atomic mass is 16.5. The largest absolute Gasteiger partial charge is 0.497 e. The first kappa shape index (κ1) is 18.1. The van der Waals surface area contributed by atoms with Crippen molar-refractivity contribution in [3.8, 4) is 0 Å². The first-order valence-electron chi connectivity index (χ1n) is 8.70. The van der Waals surface area contributed by atoms with Crippen LogP contribution < -0.4 is 0 Å². The fraction of sp³-hybridized carbons (Fsp3) is 0.789. The van der Waals surface area contributed by atoms with E-state index in [0.29, 0.717) is 0 Å². The van der Waals surface area contributed by atoms with E-state index in [1.54, 1.807) is 19.8 Å². The quantitative estimate of drug-likeness (QED) is 0.337. The lowest BCUT2D eigenvalue weighted by Gasteiger charge is -2.22. The van der Waals surface area contributed by atoms with Crippen molar-refractivity contribution in [3.63, 3.8) is 0 Å². The molecule has 0 radical (unpaired) electrons. The van der Waals surface area contributed by atoms with E-state index in [1.807, 2.05) is 0 Å². The molecule has 0 heterocycles. The number of allylic oxidation sites excluding steroid dienone is 2. The van der Waals surface area contributed by atoms with Gasteiger partial charge in [0.15, 0.2) is 0 Å². The summed E-state index contributed by atoms with van der Waals surface area (Å²) in [4.78, 5) is 0. The molecule has 0 unspecified atom stereocenters. The molecule has 21 heavy (non-hydrogen) atoms. The van der Waals surface area contributed by atoms with Crippen molar-refractivity contribution in [3.05, 3.63) is 22.7 Å². The summed E-state index contributed by atoms with van der Waals surface area (Å²) in [6.45, 7) is 4.52. The molecule has 0 saturated heterocycles. The molecule has 0 fully saturated rings. The zero-order valence-electron chi connectivity index (χ0n) is 14.6. The van der Waals surface area contributed by atoms with Gasteiger partial charge in [0.2, 0.25) is 0 Å². The van der Waals surface area contributed by atoms with Gasteiger partial charge in [0.25, 0.3) is 0 Å². The second-order valence-corrected chi connectivity index (χ2v) is 6.22. The molecule has 0 aromatic rings. The standard InChI is InChI=1S/C19H34O2/c1-5-6-7-8-9-10-11-12-13-17-15-19(21-4)18(20-3)14-16(17)2/h5-15H2,1-4H3. The maximum Gasteiger partial charge on any atom is 0.137 e. The summed E-state index contributed by atoms with van der Waals surface area (Å²) in [7, 11) is 3.49. The van der Waals surface area contributed by atoms with E-state index in [9.17, 15) is 0 Å². The minimum Gasteiger partial charge on any atom is -0.497 e. The number of hydrogen-bond acceptors (Lipinski definition) is 2. The van der Waals surface area contributed by atoms with Crippen LogP contribution in [-0.4, -0.2) is 14.2 Å². The average molecular weight is 294 g/mol. The highest BCUT2D eigenvalue weighted by Gasteiger charge is 2.19. The molecule has 0 aromatic heterocycles. The summed E-state index contributed by atoms with van der Waals surface area (Å²) < 4.78 is 10.9. The van der Waals surface area contributed by atoms with E-state index in [-0.39, 0.29) is 0 Å². The van der Waals surface area contributed by atoms with E-state index in [2.05, 4.69) is 13.8 Å². The van der Waals surface area contributed by atoms with Crippen molar-refractivity contribution in [2.24, 2.45) is 0 Å². The van der Waals surface area contributed by atoms with Crippen LogP contribution in [0.25, 0.3) is 0 Å². The van der Waals surface area contributed by atoms with Gasteiger partial charge in [-0.15, -0.1) is 0 Å². The lowest BCUT2D eigenvalue weighted by molar-refractivity contribution is 0.206. The van der Waals surface area contributed by atoms with Crippen molar-refractivity contribution in [1.29, 1.82) is 0 Å². The molecule has 1 aliphatic rings. The zero-order chi connectivity index (χ0) is 15.5. The number of ether oxygens (including phenoxy) is 2. The normalized spacial score (nSPS) is 15.6. The lowest BCUT2D eigenvalue weighted by Crippen LogP contribution is -2.07. The van der Waals surface area contributed by atoms with Gasteiger partial charge < -0.3 is 9.47 Å². The molecule has 0 atom stereocenters. The van der Waals surface area contributed by atoms with Crippen LogP contribution in [0.5, 0.6) is 0 Å². The number of methoxy groups -OCH3 is 2. The summed E-state index contributed by atoms with van der Waals surface area (Å²) in [6.07, 6.45) is 14.2. The van der Waals surface area contributed by atoms with Crippen LogP contribution in [0.3, 0.4) is 0 Å². The van der Waals surface area contributed by atoms with Crippen molar-refractivity contribution >= 4 is 0 Å². The summed E-state index contributed by atoms with van der Waals surface area (Å²) in [5, 5.41) is 0. The van der Waals surface area contributed by atoms with E-state index in [0.717, 1.165) is 24.4 Å². The third-order valence-electron chi connectivity index (χ3n) is 4.54. The smallest absolute Gasteiger partial charge is 0.137 e. The molecule has 0 bridgehead atoms. The summed E-state index contributed by atoms with van der Waals surface area (Å²) in [5.74, 6) is 2.03. The van der Waals surface area contributed by atoms with Gasteiger partial charge in [-0.25, -0.2) is 0 Å². The van der Waals surface area contributed by atoms with Gasteiger partial charge in [-0.05, 0) is 19.8 Å². The van der Waals surface area contributed by atoms with Gasteiger partial charge in [-0.1, -0.05) is 63.0 Å². The number of unbranched alkanes of at least 4 members (excludes halogenated alkanes) is 7. The maximum atomic E-state index is 5.48. The molecule has 0 saturated carbocycles. The Morgan fingerprint density at radius 1 is 0.762 bits per heavy atom. The molecule has 2 heteroatoms. The fourth-order valence-corrected chi connectivity index (χ4v) is 3.05. The van der Waals surface area contributed by atoms with Gasteiger partial charge in [0.05, 0.1) is 14.2 Å². The van der Waals surface area contributed by atoms with Crippen molar-refractivity contribution < 1.29 is 9.47 Å². The SMILES string of the molecule is CCCCCCCCCCC1=C(C)CC(OC)=C(OC)C1. The summed E-state index contributed by atoms with van der Waals surface area (Å²) in [6, 6.07) is 0. The van der Waals surface area contributed by atoms with Crippen LogP contribution in [0.2, 0.25) is 0 Å². The Balaban J connectivity index is 2.20. The Morgan fingerprint density at radius 2 is 1.29 bits per heavy atom. The third kappa shape index (κ3) is 6.58. The average Bonchev–Trinajstić information content (AvgIpc) is 2.50. The second-order valence-electron chi connectivity index (χ2n) is 6.22. The van der Waals surface area contributed by atoms with E-state index in [1.165, 1.54) is 63.4 Å². The Bertz CT molecular complexity index is 353. The molecule has 0 aliphatic heterocycles. The first-order chi connectivity index (χ1) is 10.2. The Labute approximate surface area is 131 Å². The molecule has 0 N–H and O–H groups in total. The molecule has 1 rings (SSSR count). The van der Waals surface area contributed by atoms with Gasteiger partial charge in [-0.2, -0.15) is 0 Å². The first-order valence-corrected chi connectivity index (χ1v) is 8.70. The van der Waals surface area contributed by atoms with Crippen molar-refractivity contribution in [2.45, 2.75) is 84.5 Å². The molecule has 1 aliphatic carbocycles. The molecule has 0 spiro atoms. The minimum atomic E-state index is 0.923. The molecular formula is C19H34O2. The maximum absolute atomic E-state index is 5.48. The summed E-state index contributed by atoms with van der Waals surface area (Å²) in [5.41, 5.74) is 3.05. The topological polar surface area (TPSA) is 18.5 Å². The van der Waals surface area contributed by atoms with E-state index >= 15 is 0 Å². The highest BCUT2D eigenvalue weighted by molar-refractivity contribution is 5.28. The fourth-order valence-electron chi connectivity index (χ4n) is 3.05. The third-order valence-corrected chi connectivity index (χ3v) is 4.54. The Hall–Kier alpha value is -0.920. The van der Waals surface area contributed by atoms with Crippen LogP contribution >= 0.6 is 0 Å². The van der Waals surface area contributed by atoms with Crippen LogP contribution in [0, 0.1) is 0 Å². The number of rotatable bonds is 11. The van der Waals surface area contributed by atoms with E-state index < -0.39 is 0 Å². The van der Waals surface area contributed by atoms with Crippen molar-refractivity contribution in [2.75, 3.05) is 14.2 Å². The monoisotopic (exact) mass is 294 g/mol. The zero-order valence-corrected chi connectivity index (χ0v) is 14.6. The highest BCUT2D eigenvalue weighted by Crippen LogP contribution is 2.33. The minimum absolute atomic E-state index is 0.923. The summed E-state index contributed by atoms with van der Waals surface area (Å²) >= 11 is 0. The van der Waals surface area contributed by atoms with Crippen molar-refractivity contribution in [1.82, 2.24) is 0 Å². The van der Waals surface area contributed by atoms with Crippen LogP contribution in [0.1, 0.15) is 84.5 Å². The second kappa shape index (κ2) is 10.8. The Kier molecular flexibility index (Phi) is 9.29. The lowest BCUT2D eigenvalue weighted by atomic mass is 9.91. The molecule has 0 amide bonds. The molecule has 2 nitrogen and oxygen atoms in total. The van der Waals surface area contributed by atoms with E-state index in [4.69, 9.17) is 9.47 Å². The van der Waals surface area contributed by atoms with Gasteiger partial charge in [0.1, 0.15) is 11.5 Å². The van der Waals surface area contributed by atoms with Crippen LogP contribution in [0.4, 0.5) is 0 Å². The predicted molar refractivity (Wildman–Crippen MR) is 90.2 cm³/mol. The Morgan fingerprint density at radius 3 is 1.86 bits per heavy atom. The molecule has 0 aromatic carbocycles. The van der Waals surface area contributed by atoms with Gasteiger partial charge >= 0.3 is 0 Å². The number of hydrogen-bond donors (Lipinski definition) is 0. The predicted octanol–water partition coefficient (Wildman–Crippen LogP) is 6.13. The van der Waals surface area contributed by atoms with Crippen LogP contribution in [-0.2, 0) is 9.47 Å². The van der Waals surface area contributed by atoms with Crippen LogP contribution in [0.15, 0.2) is 22.7 Å². The van der Waals surface area contributed by atoms with Gasteiger partial charge in [-0.3, -0.25) is 0 Å².